The summed E-state index contributed by atoms with van der Waals surface area (Å²) in [6.45, 7) is 4.18. The van der Waals surface area contributed by atoms with Gasteiger partial charge in [-0.15, -0.1) is 12.4 Å². The van der Waals surface area contributed by atoms with Gasteiger partial charge in [0.25, 0.3) is 5.91 Å². The lowest BCUT2D eigenvalue weighted by molar-refractivity contribution is -0.138. The van der Waals surface area contributed by atoms with Crippen molar-refractivity contribution in [3.8, 4) is 16.9 Å². The fraction of sp³-hybridized carbons (Fsp3) is 0.409. The average molecular weight is 495 g/mol. The van der Waals surface area contributed by atoms with Crippen LogP contribution in [0.1, 0.15) is 46.9 Å². The number of hydrogen-bond acceptors (Lipinski definition) is 3. The van der Waals surface area contributed by atoms with Crippen molar-refractivity contribution in [2.24, 2.45) is 0 Å². The van der Waals surface area contributed by atoms with Crippen LogP contribution in [-0.4, -0.2) is 36.5 Å². The Kier molecular flexibility index (Phi) is 6.65. The third-order valence-corrected chi connectivity index (χ3v) is 5.53. The third-order valence-electron chi connectivity index (χ3n) is 5.53. The van der Waals surface area contributed by atoms with E-state index in [0.717, 1.165) is 12.1 Å². The Hall–Kier alpha value is -2.46. The number of hydrogen-bond donors (Lipinski definition) is 1. The van der Waals surface area contributed by atoms with Crippen LogP contribution in [-0.2, 0) is 12.4 Å². The van der Waals surface area contributed by atoms with Crippen LogP contribution in [0.2, 0.25) is 0 Å². The number of carbonyl (C=O) groups is 1. The summed E-state index contributed by atoms with van der Waals surface area (Å²) in [7, 11) is 0. The van der Waals surface area contributed by atoms with Crippen molar-refractivity contribution in [1.82, 2.24) is 10.2 Å². The highest BCUT2D eigenvalue weighted by Crippen LogP contribution is 2.46. The van der Waals surface area contributed by atoms with Gasteiger partial charge in [-0.2, -0.15) is 26.3 Å². The molecule has 2 aliphatic heterocycles. The molecule has 0 radical (unpaired) electrons. The second-order valence-corrected chi connectivity index (χ2v) is 8.08. The van der Waals surface area contributed by atoms with E-state index < -0.39 is 46.6 Å². The molecular formula is C22H21ClF6N2O2. The van der Waals surface area contributed by atoms with Crippen molar-refractivity contribution in [3.63, 3.8) is 0 Å². The molecule has 0 aromatic heterocycles. The molecule has 4 nitrogen and oxygen atoms in total. The average Bonchev–Trinajstić information content (AvgIpc) is 2.98. The van der Waals surface area contributed by atoms with E-state index in [1.807, 2.05) is 0 Å². The summed E-state index contributed by atoms with van der Waals surface area (Å²) in [4.78, 5) is 14.1. The molecular weight excluding hydrogens is 474 g/mol. The Morgan fingerprint density at radius 2 is 1.70 bits per heavy atom. The Bertz CT molecular complexity index is 1070. The minimum atomic E-state index is -4.91. The van der Waals surface area contributed by atoms with Crippen LogP contribution in [0.5, 0.6) is 5.75 Å². The lowest BCUT2D eigenvalue weighted by Gasteiger charge is -2.30. The highest BCUT2D eigenvalue weighted by atomic mass is 35.5. The fourth-order valence-electron chi connectivity index (χ4n) is 4.27. The molecule has 33 heavy (non-hydrogen) atoms. The van der Waals surface area contributed by atoms with Gasteiger partial charge in [0.15, 0.2) is 0 Å². The van der Waals surface area contributed by atoms with Crippen molar-refractivity contribution >= 4 is 18.3 Å². The maximum absolute atomic E-state index is 13.9. The zero-order valence-corrected chi connectivity index (χ0v) is 18.4. The number of fused-ring (bicyclic) bond motifs is 3. The fourth-order valence-corrected chi connectivity index (χ4v) is 4.27. The monoisotopic (exact) mass is 494 g/mol. The molecule has 0 aliphatic carbocycles. The molecule has 11 heteroatoms. The molecule has 1 fully saturated rings. The summed E-state index contributed by atoms with van der Waals surface area (Å²) in [5, 5.41) is 3.02. The van der Waals surface area contributed by atoms with Crippen LogP contribution in [0.15, 0.2) is 30.3 Å². The number of benzene rings is 2. The normalized spacial score (nSPS) is 18.2. The topological polar surface area (TPSA) is 41.6 Å². The van der Waals surface area contributed by atoms with E-state index in [1.54, 1.807) is 13.8 Å². The molecule has 1 amide bonds. The number of nitrogens with one attached hydrogen (secondary N) is 1. The minimum Gasteiger partial charge on any atom is -0.491 e. The van der Waals surface area contributed by atoms with Crippen LogP contribution in [0.25, 0.3) is 11.1 Å². The van der Waals surface area contributed by atoms with Gasteiger partial charge in [0, 0.05) is 19.6 Å². The predicted molar refractivity (Wildman–Crippen MR) is 112 cm³/mol. The van der Waals surface area contributed by atoms with Gasteiger partial charge in [-0.3, -0.25) is 4.79 Å². The maximum atomic E-state index is 13.9. The number of ether oxygens (including phenoxy) is 1. The first kappa shape index (κ1) is 25.2. The van der Waals surface area contributed by atoms with E-state index in [-0.39, 0.29) is 48.5 Å². The van der Waals surface area contributed by atoms with Crippen LogP contribution in [0.4, 0.5) is 26.3 Å². The van der Waals surface area contributed by atoms with E-state index in [4.69, 9.17) is 4.74 Å². The quantitative estimate of drug-likeness (QED) is 0.557. The van der Waals surface area contributed by atoms with Gasteiger partial charge in [0.2, 0.25) is 0 Å². The molecule has 0 bridgehead atoms. The van der Waals surface area contributed by atoms with Crippen LogP contribution in [0, 0.1) is 0 Å². The van der Waals surface area contributed by atoms with Gasteiger partial charge < -0.3 is 15.0 Å². The zero-order valence-electron chi connectivity index (χ0n) is 17.6. The molecule has 2 aromatic rings. The molecule has 0 unspecified atom stereocenters. The summed E-state index contributed by atoms with van der Waals surface area (Å²) in [6, 6.07) is 4.44. The third kappa shape index (κ3) is 4.63. The van der Waals surface area contributed by atoms with E-state index in [0.29, 0.717) is 12.6 Å². The lowest BCUT2D eigenvalue weighted by Crippen LogP contribution is -2.44. The molecule has 1 atom stereocenters. The SMILES string of the molecule is CC(C)Oc1ccc(-c2cc3c(c(C(F)(F)F)c2)C(=O)N2CCNC[C@@H]32)c(C(F)(F)F)c1.Cl. The Balaban J connectivity index is 0.00000306. The van der Waals surface area contributed by atoms with Gasteiger partial charge in [-0.05, 0) is 54.8 Å². The minimum absolute atomic E-state index is 0. The second kappa shape index (κ2) is 8.72. The number of halogens is 7. The predicted octanol–water partition coefficient (Wildman–Crippen LogP) is 5.70. The van der Waals surface area contributed by atoms with Gasteiger partial charge in [0.1, 0.15) is 5.75 Å². The van der Waals surface area contributed by atoms with Crippen molar-refractivity contribution < 1.29 is 35.9 Å². The van der Waals surface area contributed by atoms with E-state index in [9.17, 15) is 31.1 Å². The number of amides is 1. The summed E-state index contributed by atoms with van der Waals surface area (Å²) in [5.41, 5.74) is -3.38. The molecule has 1 N–H and O–H groups in total. The Morgan fingerprint density at radius 3 is 2.30 bits per heavy atom. The zero-order chi connectivity index (χ0) is 23.4. The van der Waals surface area contributed by atoms with Gasteiger partial charge in [-0.25, -0.2) is 0 Å². The number of carbonyl (C=O) groups excluding carboxylic acids is 1. The number of alkyl halides is 6. The Labute approximate surface area is 192 Å². The molecule has 2 aromatic carbocycles. The highest BCUT2D eigenvalue weighted by Gasteiger charge is 2.46. The summed E-state index contributed by atoms with van der Waals surface area (Å²) in [6.07, 6.45) is -10.1. The maximum Gasteiger partial charge on any atom is 0.417 e. The second-order valence-electron chi connectivity index (χ2n) is 8.08. The molecule has 2 heterocycles. The first-order valence-electron chi connectivity index (χ1n) is 10.0. The summed E-state index contributed by atoms with van der Waals surface area (Å²) < 4.78 is 88.6. The molecule has 0 spiro atoms. The van der Waals surface area contributed by atoms with E-state index in [2.05, 4.69) is 5.32 Å². The number of rotatable bonds is 3. The van der Waals surface area contributed by atoms with E-state index >= 15 is 0 Å². The molecule has 4 rings (SSSR count). The molecule has 0 saturated carbocycles. The Morgan fingerprint density at radius 1 is 1.03 bits per heavy atom. The smallest absolute Gasteiger partial charge is 0.417 e. The van der Waals surface area contributed by atoms with Crippen molar-refractivity contribution in [2.75, 3.05) is 19.6 Å². The van der Waals surface area contributed by atoms with E-state index in [1.165, 1.54) is 17.0 Å². The van der Waals surface area contributed by atoms with Crippen LogP contribution in [0.3, 0.4) is 0 Å². The molecule has 1 saturated heterocycles. The van der Waals surface area contributed by atoms with Crippen molar-refractivity contribution in [2.45, 2.75) is 38.3 Å². The summed E-state index contributed by atoms with van der Waals surface area (Å²) in [5.74, 6) is -0.784. The summed E-state index contributed by atoms with van der Waals surface area (Å²) >= 11 is 0. The van der Waals surface area contributed by atoms with Crippen LogP contribution < -0.4 is 10.1 Å². The largest absolute Gasteiger partial charge is 0.491 e. The molecule has 180 valence electrons. The van der Waals surface area contributed by atoms with Crippen LogP contribution >= 0.6 is 12.4 Å². The van der Waals surface area contributed by atoms with Gasteiger partial charge in [0.05, 0.1) is 28.8 Å². The standard InChI is InChI=1S/C22H20F6N2O2.ClH/c1-11(2)32-13-3-4-14(16(9-13)21(23,24)25)12-7-15-18-10-29-5-6-30(18)20(31)19(15)17(8-12)22(26,27)28;/h3-4,7-9,11,18,29H,5-6,10H2,1-2H3;1H/t18-;/m0./s1. The van der Waals surface area contributed by atoms with Gasteiger partial charge >= 0.3 is 12.4 Å². The van der Waals surface area contributed by atoms with Gasteiger partial charge in [-0.1, -0.05) is 6.07 Å². The molecule has 2 aliphatic rings. The van der Waals surface area contributed by atoms with Crippen molar-refractivity contribution in [3.05, 3.63) is 52.6 Å². The first-order valence-corrected chi connectivity index (χ1v) is 10.0. The number of piperazine rings is 1. The number of nitrogens with zero attached hydrogens (tertiary/aromatic N) is 1. The lowest BCUT2D eigenvalue weighted by atomic mass is 9.90. The highest BCUT2D eigenvalue weighted by molar-refractivity contribution is 6.02. The first-order chi connectivity index (χ1) is 14.9. The van der Waals surface area contributed by atoms with Crippen molar-refractivity contribution in [1.29, 1.82) is 0 Å².